The van der Waals surface area contributed by atoms with Gasteiger partial charge in [0, 0.05) is 29.8 Å². The molecule has 6 nitrogen and oxygen atoms in total. The lowest BCUT2D eigenvalue weighted by atomic mass is 10.0. The minimum atomic E-state index is -1.12. The quantitative estimate of drug-likeness (QED) is 0.716. The van der Waals surface area contributed by atoms with Gasteiger partial charge < -0.3 is 14.7 Å². The number of aromatic carboxylic acids is 1. The molecule has 0 aliphatic carbocycles. The maximum absolute atomic E-state index is 11.5. The summed E-state index contributed by atoms with van der Waals surface area (Å²) in [7, 11) is 3.66. The van der Waals surface area contributed by atoms with Crippen LogP contribution in [0.4, 0.5) is 0 Å². The summed E-state index contributed by atoms with van der Waals surface area (Å²) in [6.45, 7) is 1.82. The van der Waals surface area contributed by atoms with E-state index in [1.165, 1.54) is 10.4 Å². The summed E-state index contributed by atoms with van der Waals surface area (Å²) in [6, 6.07) is 5.57. The number of likely N-dealkylation sites (N-methyl/N-ethyl adjacent to an activating group) is 1. The van der Waals surface area contributed by atoms with Gasteiger partial charge in [-0.25, -0.2) is 14.8 Å². The average Bonchev–Trinajstić information content (AvgIpc) is 2.99. The first kappa shape index (κ1) is 18.2. The van der Waals surface area contributed by atoms with Crippen LogP contribution in [0, 0.1) is 0 Å². The Morgan fingerprint density at radius 1 is 1.41 bits per heavy atom. The topological polar surface area (TPSA) is 75.5 Å². The number of hydrogen-bond donors (Lipinski definition) is 1. The highest BCUT2D eigenvalue weighted by molar-refractivity contribution is 7.18. The Labute approximate surface area is 165 Å². The zero-order valence-corrected chi connectivity index (χ0v) is 16.5. The molecule has 0 bridgehead atoms. The van der Waals surface area contributed by atoms with Crippen molar-refractivity contribution in [2.24, 2.45) is 0 Å². The molecule has 3 aromatic rings. The lowest BCUT2D eigenvalue weighted by Gasteiger charge is -2.22. The van der Waals surface area contributed by atoms with Crippen molar-refractivity contribution in [2.75, 3.05) is 20.7 Å². The first-order valence-electron chi connectivity index (χ1n) is 8.51. The Morgan fingerprint density at radius 2 is 2.22 bits per heavy atom. The van der Waals surface area contributed by atoms with Gasteiger partial charge in [-0.1, -0.05) is 17.7 Å². The van der Waals surface area contributed by atoms with Gasteiger partial charge in [-0.3, -0.25) is 0 Å². The fourth-order valence-electron chi connectivity index (χ4n) is 3.43. The van der Waals surface area contributed by atoms with Crippen molar-refractivity contribution in [3.8, 4) is 5.75 Å². The Kier molecular flexibility index (Phi) is 4.75. The third-order valence-corrected chi connectivity index (χ3v) is 6.15. The average molecular weight is 404 g/mol. The van der Waals surface area contributed by atoms with Gasteiger partial charge in [-0.2, -0.15) is 0 Å². The molecule has 8 heteroatoms. The Hall–Kier alpha value is -2.22. The minimum Gasteiger partial charge on any atom is -0.495 e. The van der Waals surface area contributed by atoms with E-state index in [2.05, 4.69) is 21.9 Å². The van der Waals surface area contributed by atoms with E-state index in [1.807, 2.05) is 18.2 Å². The molecule has 1 aliphatic heterocycles. The number of carboxylic acids is 1. The highest BCUT2D eigenvalue weighted by atomic mass is 35.5. The van der Waals surface area contributed by atoms with E-state index >= 15 is 0 Å². The number of methoxy groups -OCH3 is 1. The fourth-order valence-corrected chi connectivity index (χ4v) is 5.04. The van der Waals surface area contributed by atoms with Crippen molar-refractivity contribution >= 4 is 39.1 Å². The number of ether oxygens (including phenoxy) is 1. The molecule has 2 aromatic heterocycles. The zero-order chi connectivity index (χ0) is 19.1. The van der Waals surface area contributed by atoms with Crippen molar-refractivity contribution in [3.05, 3.63) is 50.7 Å². The van der Waals surface area contributed by atoms with E-state index in [-0.39, 0.29) is 5.82 Å². The monoisotopic (exact) mass is 403 g/mol. The molecule has 4 rings (SSSR count). The molecule has 0 spiro atoms. The van der Waals surface area contributed by atoms with Gasteiger partial charge in [0.25, 0.3) is 0 Å². The molecule has 1 N–H and O–H groups in total. The fraction of sp³-hybridized carbons (Fsp3) is 0.316. The summed E-state index contributed by atoms with van der Waals surface area (Å²) in [5.41, 5.74) is 2.94. The van der Waals surface area contributed by atoms with E-state index in [1.54, 1.807) is 18.4 Å². The van der Waals surface area contributed by atoms with E-state index in [9.17, 15) is 9.90 Å². The van der Waals surface area contributed by atoms with Crippen molar-refractivity contribution in [3.63, 3.8) is 0 Å². The summed E-state index contributed by atoms with van der Waals surface area (Å²) in [5.74, 6) is -0.672. The van der Waals surface area contributed by atoms with Crippen LogP contribution in [0.25, 0.3) is 10.2 Å². The second-order valence-electron chi connectivity index (χ2n) is 6.62. The van der Waals surface area contributed by atoms with Crippen molar-refractivity contribution in [1.29, 1.82) is 0 Å². The molecular weight excluding hydrogens is 386 g/mol. The van der Waals surface area contributed by atoms with Crippen LogP contribution in [-0.2, 0) is 19.4 Å². The molecule has 0 fully saturated rings. The summed E-state index contributed by atoms with van der Waals surface area (Å²) < 4.78 is 5.20. The second kappa shape index (κ2) is 7.07. The van der Waals surface area contributed by atoms with Gasteiger partial charge in [-0.05, 0) is 36.7 Å². The molecule has 27 heavy (non-hydrogen) atoms. The summed E-state index contributed by atoms with van der Waals surface area (Å²) in [4.78, 5) is 24.4. The smallest absolute Gasteiger partial charge is 0.373 e. The lowest BCUT2D eigenvalue weighted by molar-refractivity contribution is 0.0683. The van der Waals surface area contributed by atoms with Gasteiger partial charge in [0.2, 0.25) is 5.82 Å². The third-order valence-electron chi connectivity index (χ3n) is 4.75. The number of hydrogen-bond acceptors (Lipinski definition) is 6. The number of carboxylic acid groups (broad SMARTS) is 1. The summed E-state index contributed by atoms with van der Waals surface area (Å²) >= 11 is 7.82. The van der Waals surface area contributed by atoms with Crippen LogP contribution in [0.2, 0.25) is 5.02 Å². The first-order chi connectivity index (χ1) is 13.0. The van der Waals surface area contributed by atoms with Gasteiger partial charge in [0.05, 0.1) is 17.8 Å². The molecule has 3 heterocycles. The Bertz CT molecular complexity index is 1050. The van der Waals surface area contributed by atoms with Crippen LogP contribution in [0.5, 0.6) is 5.75 Å². The molecule has 140 valence electrons. The van der Waals surface area contributed by atoms with Crippen LogP contribution in [0.3, 0.4) is 0 Å². The summed E-state index contributed by atoms with van der Waals surface area (Å²) in [6.07, 6.45) is 1.40. The van der Waals surface area contributed by atoms with Crippen LogP contribution in [0.15, 0.2) is 18.2 Å². The predicted molar refractivity (Wildman–Crippen MR) is 105 cm³/mol. The van der Waals surface area contributed by atoms with E-state index < -0.39 is 5.97 Å². The molecule has 1 aliphatic rings. The Balaban J connectivity index is 1.85. The zero-order valence-electron chi connectivity index (χ0n) is 15.0. The van der Waals surface area contributed by atoms with Crippen LogP contribution in [0.1, 0.15) is 32.3 Å². The number of aromatic nitrogens is 2. The highest BCUT2D eigenvalue weighted by Crippen LogP contribution is 2.36. The highest BCUT2D eigenvalue weighted by Gasteiger charge is 2.24. The van der Waals surface area contributed by atoms with Gasteiger partial charge >= 0.3 is 5.97 Å². The number of nitrogens with zero attached hydrogens (tertiary/aromatic N) is 3. The Morgan fingerprint density at radius 3 is 2.93 bits per heavy atom. The SMILES string of the molecule is COc1ccc(Cc2nc(C(=O)O)nc3sc4c(c23)CCN(C)C4)cc1Cl. The van der Waals surface area contributed by atoms with Gasteiger partial charge in [0.1, 0.15) is 10.6 Å². The van der Waals surface area contributed by atoms with Gasteiger partial charge in [0.15, 0.2) is 0 Å². The number of benzene rings is 1. The van der Waals surface area contributed by atoms with Gasteiger partial charge in [-0.15, -0.1) is 11.3 Å². The van der Waals surface area contributed by atoms with E-state index in [0.717, 1.165) is 41.0 Å². The second-order valence-corrected chi connectivity index (χ2v) is 8.11. The largest absolute Gasteiger partial charge is 0.495 e. The van der Waals surface area contributed by atoms with Crippen LogP contribution in [-0.4, -0.2) is 46.6 Å². The number of carbonyl (C=O) groups is 1. The maximum atomic E-state index is 11.5. The standard InChI is InChI=1S/C19H18ClN3O3S/c1-23-6-5-11-15(9-23)27-18-16(11)13(21-17(22-18)19(24)25)8-10-3-4-14(26-2)12(20)7-10/h3-4,7H,5-6,8-9H2,1-2H3,(H,24,25). The lowest BCUT2D eigenvalue weighted by Crippen LogP contribution is -2.25. The summed E-state index contributed by atoms with van der Waals surface area (Å²) in [5, 5.41) is 10.9. The number of rotatable bonds is 4. The minimum absolute atomic E-state index is 0.163. The van der Waals surface area contributed by atoms with Crippen LogP contribution < -0.4 is 4.74 Å². The van der Waals surface area contributed by atoms with Crippen LogP contribution >= 0.6 is 22.9 Å². The molecule has 0 radical (unpaired) electrons. The van der Waals surface area contributed by atoms with Crippen molar-refractivity contribution in [2.45, 2.75) is 19.4 Å². The molecular formula is C19H18ClN3O3S. The van der Waals surface area contributed by atoms with E-state index in [0.29, 0.717) is 17.2 Å². The number of fused-ring (bicyclic) bond motifs is 3. The maximum Gasteiger partial charge on any atom is 0.373 e. The molecule has 0 amide bonds. The molecule has 0 unspecified atom stereocenters. The predicted octanol–water partition coefficient (Wildman–Crippen LogP) is 3.63. The number of halogens is 1. The van der Waals surface area contributed by atoms with E-state index in [4.69, 9.17) is 16.3 Å². The first-order valence-corrected chi connectivity index (χ1v) is 9.71. The number of thiophene rings is 1. The van der Waals surface area contributed by atoms with Crippen molar-refractivity contribution in [1.82, 2.24) is 14.9 Å². The normalized spacial score (nSPS) is 14.3. The molecule has 0 atom stereocenters. The third kappa shape index (κ3) is 3.38. The molecule has 0 saturated heterocycles. The molecule has 0 saturated carbocycles. The molecule has 1 aromatic carbocycles. The van der Waals surface area contributed by atoms with Crippen molar-refractivity contribution < 1.29 is 14.6 Å².